The summed E-state index contributed by atoms with van der Waals surface area (Å²) in [7, 11) is 0. The van der Waals surface area contributed by atoms with E-state index in [2.05, 4.69) is 53.0 Å². The highest BCUT2D eigenvalue weighted by Gasteiger charge is 2.24. The van der Waals surface area contributed by atoms with Crippen LogP contribution in [0.1, 0.15) is 41.6 Å². The fourth-order valence-electron chi connectivity index (χ4n) is 3.47. The van der Waals surface area contributed by atoms with Crippen molar-refractivity contribution in [3.8, 4) is 0 Å². The van der Waals surface area contributed by atoms with Crippen molar-refractivity contribution in [3.05, 3.63) is 45.9 Å². The number of nitrogens with zero attached hydrogens (tertiary/aromatic N) is 2. The Hall–Kier alpha value is -1.55. The van der Waals surface area contributed by atoms with Crippen LogP contribution in [-0.4, -0.2) is 28.5 Å². The Bertz CT molecular complexity index is 602. The van der Waals surface area contributed by atoms with Crippen LogP contribution in [0.5, 0.6) is 0 Å². The van der Waals surface area contributed by atoms with Crippen LogP contribution in [-0.2, 0) is 11.2 Å². The van der Waals surface area contributed by atoms with Crippen molar-refractivity contribution in [3.63, 3.8) is 0 Å². The van der Waals surface area contributed by atoms with Crippen molar-refractivity contribution in [2.75, 3.05) is 13.1 Å². The van der Waals surface area contributed by atoms with Crippen molar-refractivity contribution >= 4 is 17.2 Å². The predicted molar refractivity (Wildman–Crippen MR) is 91.4 cm³/mol. The lowest BCUT2D eigenvalue weighted by Gasteiger charge is -2.34. The van der Waals surface area contributed by atoms with E-state index in [1.807, 2.05) is 0 Å². The molecule has 0 aromatic carbocycles. The molecule has 1 amide bonds. The predicted octanol–water partition coefficient (Wildman–Crippen LogP) is 3.96. The number of likely N-dealkylation sites (tertiary alicyclic amines) is 1. The molecular formula is C18H24N2OS. The average Bonchev–Trinajstić information content (AvgIpc) is 3.15. The van der Waals surface area contributed by atoms with Crippen LogP contribution in [0.2, 0.25) is 0 Å². The van der Waals surface area contributed by atoms with E-state index in [4.69, 9.17) is 0 Å². The third-order valence-corrected chi connectivity index (χ3v) is 5.61. The number of rotatable bonds is 4. The zero-order valence-corrected chi connectivity index (χ0v) is 14.2. The fourth-order valence-corrected chi connectivity index (χ4v) is 4.18. The van der Waals surface area contributed by atoms with Crippen molar-refractivity contribution in [1.82, 2.24) is 9.47 Å². The number of carbonyl (C=O) groups is 1. The SMILES string of the molecule is Cc1ccc(C)n1C1CCN(C(=O)CCc2cccs2)CC1. The van der Waals surface area contributed by atoms with Crippen LogP contribution in [0.4, 0.5) is 0 Å². The largest absolute Gasteiger partial charge is 0.346 e. The van der Waals surface area contributed by atoms with E-state index in [-0.39, 0.29) is 0 Å². The smallest absolute Gasteiger partial charge is 0.222 e. The molecule has 3 heterocycles. The van der Waals surface area contributed by atoms with E-state index in [0.29, 0.717) is 18.4 Å². The van der Waals surface area contributed by atoms with Gasteiger partial charge in [0.1, 0.15) is 0 Å². The summed E-state index contributed by atoms with van der Waals surface area (Å²) >= 11 is 1.74. The Morgan fingerprint density at radius 2 is 1.86 bits per heavy atom. The van der Waals surface area contributed by atoms with Crippen molar-refractivity contribution < 1.29 is 4.79 Å². The highest BCUT2D eigenvalue weighted by Crippen LogP contribution is 2.26. The Morgan fingerprint density at radius 3 is 2.45 bits per heavy atom. The molecule has 0 spiro atoms. The maximum atomic E-state index is 12.3. The van der Waals surface area contributed by atoms with E-state index >= 15 is 0 Å². The molecule has 0 radical (unpaired) electrons. The van der Waals surface area contributed by atoms with Gasteiger partial charge in [-0.2, -0.15) is 0 Å². The first kappa shape index (κ1) is 15.3. The maximum absolute atomic E-state index is 12.3. The molecule has 2 aromatic rings. The Labute approximate surface area is 136 Å². The molecule has 3 rings (SSSR count). The number of aromatic nitrogens is 1. The molecule has 0 unspecified atom stereocenters. The molecule has 3 nitrogen and oxygen atoms in total. The second kappa shape index (κ2) is 6.69. The zero-order valence-electron chi connectivity index (χ0n) is 13.4. The van der Waals surface area contributed by atoms with Gasteiger partial charge in [-0.3, -0.25) is 4.79 Å². The molecule has 0 saturated carbocycles. The topological polar surface area (TPSA) is 25.2 Å². The minimum Gasteiger partial charge on any atom is -0.346 e. The Morgan fingerprint density at radius 1 is 1.18 bits per heavy atom. The molecule has 118 valence electrons. The summed E-state index contributed by atoms with van der Waals surface area (Å²) in [4.78, 5) is 15.7. The van der Waals surface area contributed by atoms with Gasteiger partial charge in [0.25, 0.3) is 0 Å². The molecule has 0 N–H and O–H groups in total. The Balaban J connectivity index is 1.52. The summed E-state index contributed by atoms with van der Waals surface area (Å²) in [6.45, 7) is 6.13. The third-order valence-electron chi connectivity index (χ3n) is 4.67. The first-order valence-corrected chi connectivity index (χ1v) is 8.97. The standard InChI is InChI=1S/C18H24N2OS/c1-14-5-6-15(2)20(14)16-9-11-19(12-10-16)18(21)8-7-17-4-3-13-22-17/h3-6,13,16H,7-12H2,1-2H3. The van der Waals surface area contributed by atoms with Crippen molar-refractivity contribution in [2.24, 2.45) is 0 Å². The van der Waals surface area contributed by atoms with Crippen LogP contribution < -0.4 is 0 Å². The summed E-state index contributed by atoms with van der Waals surface area (Å²) in [5.41, 5.74) is 2.67. The number of amides is 1. The van der Waals surface area contributed by atoms with Crippen molar-refractivity contribution in [2.45, 2.75) is 45.6 Å². The summed E-state index contributed by atoms with van der Waals surface area (Å²) in [6, 6.07) is 9.10. The van der Waals surface area contributed by atoms with E-state index in [9.17, 15) is 4.79 Å². The lowest BCUT2D eigenvalue weighted by molar-refractivity contribution is -0.132. The van der Waals surface area contributed by atoms with Gasteiger partial charge in [-0.05, 0) is 56.7 Å². The van der Waals surface area contributed by atoms with Gasteiger partial charge >= 0.3 is 0 Å². The van der Waals surface area contributed by atoms with Gasteiger partial charge in [0.05, 0.1) is 0 Å². The van der Waals surface area contributed by atoms with Crippen LogP contribution in [0.25, 0.3) is 0 Å². The molecule has 1 aliphatic rings. The van der Waals surface area contributed by atoms with Crippen LogP contribution >= 0.6 is 11.3 Å². The minimum absolute atomic E-state index is 0.313. The highest BCUT2D eigenvalue weighted by atomic mass is 32.1. The molecule has 1 aliphatic heterocycles. The summed E-state index contributed by atoms with van der Waals surface area (Å²) in [6.07, 6.45) is 3.67. The summed E-state index contributed by atoms with van der Waals surface area (Å²) < 4.78 is 2.44. The van der Waals surface area contributed by atoms with Gasteiger partial charge in [0.2, 0.25) is 5.91 Å². The van der Waals surface area contributed by atoms with E-state index in [1.54, 1.807) is 11.3 Å². The monoisotopic (exact) mass is 316 g/mol. The summed E-state index contributed by atoms with van der Waals surface area (Å²) in [5.74, 6) is 0.313. The van der Waals surface area contributed by atoms with Gasteiger partial charge in [-0.1, -0.05) is 6.07 Å². The average molecular weight is 316 g/mol. The van der Waals surface area contributed by atoms with Gasteiger partial charge in [-0.25, -0.2) is 0 Å². The second-order valence-electron chi connectivity index (χ2n) is 6.18. The molecule has 0 aliphatic carbocycles. The lowest BCUT2D eigenvalue weighted by Crippen LogP contribution is -2.39. The normalized spacial score (nSPS) is 16.2. The molecular weight excluding hydrogens is 292 g/mol. The number of aryl methyl sites for hydroxylation is 3. The Kier molecular flexibility index (Phi) is 4.67. The fraction of sp³-hybridized carbons (Fsp3) is 0.500. The molecule has 4 heteroatoms. The van der Waals surface area contributed by atoms with Gasteiger partial charge in [0, 0.05) is 41.8 Å². The molecule has 1 saturated heterocycles. The second-order valence-corrected chi connectivity index (χ2v) is 7.21. The molecule has 2 aromatic heterocycles. The molecule has 22 heavy (non-hydrogen) atoms. The zero-order chi connectivity index (χ0) is 15.5. The van der Waals surface area contributed by atoms with Crippen LogP contribution in [0.15, 0.2) is 29.6 Å². The summed E-state index contributed by atoms with van der Waals surface area (Å²) in [5, 5.41) is 2.08. The highest BCUT2D eigenvalue weighted by molar-refractivity contribution is 7.09. The van der Waals surface area contributed by atoms with Crippen molar-refractivity contribution in [1.29, 1.82) is 0 Å². The molecule has 0 atom stereocenters. The van der Waals surface area contributed by atoms with E-state index in [0.717, 1.165) is 32.4 Å². The minimum atomic E-state index is 0.313. The van der Waals surface area contributed by atoms with Gasteiger partial charge in [-0.15, -0.1) is 11.3 Å². The number of piperidine rings is 1. The molecule has 0 bridgehead atoms. The number of thiophene rings is 1. The first-order valence-electron chi connectivity index (χ1n) is 8.10. The molecule has 1 fully saturated rings. The van der Waals surface area contributed by atoms with E-state index < -0.39 is 0 Å². The maximum Gasteiger partial charge on any atom is 0.222 e. The number of hydrogen-bond acceptors (Lipinski definition) is 2. The lowest BCUT2D eigenvalue weighted by atomic mass is 10.0. The number of hydrogen-bond donors (Lipinski definition) is 0. The van der Waals surface area contributed by atoms with Gasteiger partial charge in [0.15, 0.2) is 0 Å². The third kappa shape index (κ3) is 3.27. The quantitative estimate of drug-likeness (QED) is 0.838. The van der Waals surface area contributed by atoms with Crippen LogP contribution in [0.3, 0.4) is 0 Å². The van der Waals surface area contributed by atoms with Gasteiger partial charge < -0.3 is 9.47 Å². The first-order chi connectivity index (χ1) is 10.6. The number of carbonyl (C=O) groups excluding carboxylic acids is 1. The van der Waals surface area contributed by atoms with Crippen LogP contribution in [0, 0.1) is 13.8 Å². The van der Waals surface area contributed by atoms with E-state index in [1.165, 1.54) is 16.3 Å².